The zero-order valence-electron chi connectivity index (χ0n) is 7.18. The first kappa shape index (κ1) is 8.02. The van der Waals surface area contributed by atoms with Crippen LogP contribution in [-0.4, -0.2) is 24.9 Å². The summed E-state index contributed by atoms with van der Waals surface area (Å²) in [5, 5.41) is 0. The minimum Gasteiger partial charge on any atom is -0.378 e. The smallest absolute Gasteiger partial charge is 0.0891 e. The van der Waals surface area contributed by atoms with E-state index >= 15 is 0 Å². The summed E-state index contributed by atoms with van der Waals surface area (Å²) in [5.41, 5.74) is -0.0891. The highest BCUT2D eigenvalue weighted by molar-refractivity contribution is 4.88. The van der Waals surface area contributed by atoms with E-state index < -0.39 is 0 Å². The fourth-order valence-electron chi connectivity index (χ4n) is 1.61. The van der Waals surface area contributed by atoms with Crippen molar-refractivity contribution < 1.29 is 9.47 Å². The molecule has 0 radical (unpaired) electrons. The van der Waals surface area contributed by atoms with Gasteiger partial charge in [0.1, 0.15) is 0 Å². The molecule has 1 aliphatic rings. The molecule has 2 nitrogen and oxygen atoms in total. The van der Waals surface area contributed by atoms with Gasteiger partial charge in [-0.25, -0.2) is 0 Å². The number of rotatable bonds is 1. The lowest BCUT2D eigenvalue weighted by molar-refractivity contribution is -0.0639. The minimum absolute atomic E-state index is 0.0891. The first-order chi connectivity index (χ1) is 4.56. The van der Waals surface area contributed by atoms with Gasteiger partial charge >= 0.3 is 0 Å². The van der Waals surface area contributed by atoms with Gasteiger partial charge in [0.15, 0.2) is 0 Å². The van der Waals surface area contributed by atoms with Gasteiger partial charge in [0, 0.05) is 13.5 Å². The van der Waals surface area contributed by atoms with Crippen LogP contribution in [0.2, 0.25) is 0 Å². The van der Waals surface area contributed by atoms with E-state index in [1.165, 1.54) is 0 Å². The third-order valence-corrected chi connectivity index (χ3v) is 2.11. The van der Waals surface area contributed by atoms with Crippen LogP contribution in [0, 0.1) is 0 Å². The largest absolute Gasteiger partial charge is 0.378 e. The van der Waals surface area contributed by atoms with Gasteiger partial charge in [-0.15, -0.1) is 0 Å². The summed E-state index contributed by atoms with van der Waals surface area (Å²) in [6.45, 7) is 6.23. The predicted octanol–water partition coefficient (Wildman–Crippen LogP) is 1.59. The molecular weight excluding hydrogens is 128 g/mol. The van der Waals surface area contributed by atoms with Gasteiger partial charge in [0.2, 0.25) is 0 Å². The molecule has 0 N–H and O–H groups in total. The Bertz CT molecular complexity index is 120. The van der Waals surface area contributed by atoms with Crippen LogP contribution in [0.4, 0.5) is 0 Å². The van der Waals surface area contributed by atoms with E-state index in [1.54, 1.807) is 7.11 Å². The fraction of sp³-hybridized carbons (Fsp3) is 1.00. The van der Waals surface area contributed by atoms with E-state index in [4.69, 9.17) is 9.47 Å². The molecule has 0 aliphatic carbocycles. The number of ether oxygens (including phenoxy) is 2. The number of methoxy groups -OCH3 is 1. The van der Waals surface area contributed by atoms with E-state index in [-0.39, 0.29) is 11.7 Å². The molecule has 10 heavy (non-hydrogen) atoms. The van der Waals surface area contributed by atoms with Crippen LogP contribution in [0.3, 0.4) is 0 Å². The highest BCUT2D eigenvalue weighted by atomic mass is 16.6. The van der Waals surface area contributed by atoms with Gasteiger partial charge in [-0.2, -0.15) is 0 Å². The highest BCUT2D eigenvalue weighted by Gasteiger charge is 2.39. The topological polar surface area (TPSA) is 18.5 Å². The van der Waals surface area contributed by atoms with Gasteiger partial charge in [-0.1, -0.05) is 0 Å². The maximum Gasteiger partial charge on any atom is 0.0891 e. The van der Waals surface area contributed by atoms with Crippen molar-refractivity contribution >= 4 is 0 Å². The van der Waals surface area contributed by atoms with Gasteiger partial charge in [-0.05, 0) is 20.8 Å². The van der Waals surface area contributed by atoms with Crippen LogP contribution in [0.5, 0.6) is 0 Å². The second-order valence-corrected chi connectivity index (χ2v) is 3.49. The predicted molar refractivity (Wildman–Crippen MR) is 40.0 cm³/mol. The van der Waals surface area contributed by atoms with E-state index in [0.717, 1.165) is 6.42 Å². The van der Waals surface area contributed by atoms with Crippen molar-refractivity contribution in [1.82, 2.24) is 0 Å². The normalized spacial score (nSPS) is 38.4. The molecule has 0 aromatic rings. The molecule has 2 unspecified atom stereocenters. The van der Waals surface area contributed by atoms with Gasteiger partial charge in [0.05, 0.1) is 17.8 Å². The number of hydrogen-bond acceptors (Lipinski definition) is 2. The van der Waals surface area contributed by atoms with Crippen LogP contribution in [0.1, 0.15) is 27.2 Å². The van der Waals surface area contributed by atoms with Gasteiger partial charge in [-0.3, -0.25) is 0 Å². The summed E-state index contributed by atoms with van der Waals surface area (Å²) in [6.07, 6.45) is 1.63. The maximum atomic E-state index is 5.63. The number of hydrogen-bond donors (Lipinski definition) is 0. The van der Waals surface area contributed by atoms with E-state index in [0.29, 0.717) is 6.10 Å². The third-order valence-electron chi connectivity index (χ3n) is 2.11. The second-order valence-electron chi connectivity index (χ2n) is 3.49. The molecule has 2 atom stereocenters. The van der Waals surface area contributed by atoms with Crippen molar-refractivity contribution in [3.05, 3.63) is 0 Å². The third kappa shape index (κ3) is 1.32. The molecule has 0 aromatic heterocycles. The second kappa shape index (κ2) is 2.51. The Hall–Kier alpha value is -0.0800. The van der Waals surface area contributed by atoms with Gasteiger partial charge in [0.25, 0.3) is 0 Å². The summed E-state index contributed by atoms with van der Waals surface area (Å²) in [5.74, 6) is 0. The summed E-state index contributed by atoms with van der Waals surface area (Å²) in [7, 11) is 1.74. The molecule has 2 heteroatoms. The highest BCUT2D eigenvalue weighted by Crippen LogP contribution is 2.31. The molecule has 60 valence electrons. The molecule has 0 spiro atoms. The Kier molecular flexibility index (Phi) is 2.02. The lowest BCUT2D eigenvalue weighted by atomic mass is 10.0. The van der Waals surface area contributed by atoms with Crippen LogP contribution in [0.25, 0.3) is 0 Å². The van der Waals surface area contributed by atoms with E-state index in [1.807, 2.05) is 0 Å². The molecule has 1 heterocycles. The molecule has 0 aromatic carbocycles. The van der Waals surface area contributed by atoms with Gasteiger partial charge < -0.3 is 9.47 Å². The molecular formula is C8H16O2. The van der Waals surface area contributed by atoms with Crippen LogP contribution < -0.4 is 0 Å². The van der Waals surface area contributed by atoms with Crippen LogP contribution in [0.15, 0.2) is 0 Å². The molecule has 1 aliphatic heterocycles. The molecule has 1 fully saturated rings. The standard InChI is InChI=1S/C8H16O2/c1-6-5-7(9-4)8(2,3)10-6/h6-7H,5H2,1-4H3. The minimum atomic E-state index is -0.0891. The Morgan fingerprint density at radius 1 is 1.50 bits per heavy atom. The summed E-state index contributed by atoms with van der Waals surface area (Å²) >= 11 is 0. The Morgan fingerprint density at radius 3 is 2.30 bits per heavy atom. The first-order valence-electron chi connectivity index (χ1n) is 3.77. The zero-order valence-corrected chi connectivity index (χ0v) is 7.18. The van der Waals surface area contributed by atoms with E-state index in [9.17, 15) is 0 Å². The van der Waals surface area contributed by atoms with Crippen LogP contribution >= 0.6 is 0 Å². The molecule has 0 amide bonds. The van der Waals surface area contributed by atoms with Crippen molar-refractivity contribution in [2.45, 2.75) is 45.0 Å². The van der Waals surface area contributed by atoms with E-state index in [2.05, 4.69) is 20.8 Å². The SMILES string of the molecule is COC1CC(C)OC1(C)C. The van der Waals surface area contributed by atoms with Crippen molar-refractivity contribution in [2.75, 3.05) is 7.11 Å². The maximum absolute atomic E-state index is 5.63. The lowest BCUT2D eigenvalue weighted by Crippen LogP contribution is -2.33. The van der Waals surface area contributed by atoms with Crippen molar-refractivity contribution in [2.24, 2.45) is 0 Å². The Labute approximate surface area is 62.5 Å². The molecule has 0 saturated carbocycles. The first-order valence-corrected chi connectivity index (χ1v) is 3.77. The monoisotopic (exact) mass is 144 g/mol. The summed E-state index contributed by atoms with van der Waals surface area (Å²) in [6, 6.07) is 0. The lowest BCUT2D eigenvalue weighted by Gasteiger charge is -2.24. The van der Waals surface area contributed by atoms with Crippen molar-refractivity contribution in [1.29, 1.82) is 0 Å². The molecule has 1 rings (SSSR count). The molecule has 0 bridgehead atoms. The summed E-state index contributed by atoms with van der Waals surface area (Å²) < 4.78 is 10.9. The van der Waals surface area contributed by atoms with Crippen LogP contribution in [-0.2, 0) is 9.47 Å². The van der Waals surface area contributed by atoms with Crippen molar-refractivity contribution in [3.8, 4) is 0 Å². The van der Waals surface area contributed by atoms with Crippen molar-refractivity contribution in [3.63, 3.8) is 0 Å². The molecule has 1 saturated heterocycles. The average molecular weight is 144 g/mol. The Balaban J connectivity index is 2.58. The zero-order chi connectivity index (χ0) is 7.78. The summed E-state index contributed by atoms with van der Waals surface area (Å²) in [4.78, 5) is 0. The Morgan fingerprint density at radius 2 is 2.10 bits per heavy atom. The average Bonchev–Trinajstić information content (AvgIpc) is 2.04. The quantitative estimate of drug-likeness (QED) is 0.556. The fourth-order valence-corrected chi connectivity index (χ4v) is 1.61.